The number of hydrogen-bond donors (Lipinski definition) is 0. The molecule has 2 fully saturated rings. The molecule has 3 nitrogen and oxygen atoms in total. The molecule has 1 saturated heterocycles. The van der Waals surface area contributed by atoms with Gasteiger partial charge in [0.25, 0.3) is 5.91 Å². The smallest absolute Gasteiger partial charge is 0.253 e. The first-order valence-corrected chi connectivity index (χ1v) is 8.82. The molecule has 1 aromatic carbocycles. The topological polar surface area (TPSA) is 23.6 Å². The predicted molar refractivity (Wildman–Crippen MR) is 90.3 cm³/mol. The van der Waals surface area contributed by atoms with Gasteiger partial charge >= 0.3 is 0 Å². The van der Waals surface area contributed by atoms with Crippen molar-refractivity contribution in [3.8, 4) is 0 Å². The zero-order valence-electron chi connectivity index (χ0n) is 13.3. The molecule has 1 aliphatic carbocycles. The van der Waals surface area contributed by atoms with Gasteiger partial charge in [-0.2, -0.15) is 0 Å². The van der Waals surface area contributed by atoms with E-state index >= 15 is 0 Å². The summed E-state index contributed by atoms with van der Waals surface area (Å²) < 4.78 is 0. The van der Waals surface area contributed by atoms with Crippen LogP contribution in [0, 0.1) is 5.92 Å². The highest BCUT2D eigenvalue weighted by atomic mass is 35.5. The fourth-order valence-electron chi connectivity index (χ4n) is 3.90. The summed E-state index contributed by atoms with van der Waals surface area (Å²) >= 11 is 5.99. The number of halogens is 1. The molecule has 0 spiro atoms. The lowest BCUT2D eigenvalue weighted by molar-refractivity contribution is 0.0423. The van der Waals surface area contributed by atoms with Crippen LogP contribution in [0.2, 0.25) is 5.02 Å². The van der Waals surface area contributed by atoms with Crippen LogP contribution in [0.25, 0.3) is 0 Å². The van der Waals surface area contributed by atoms with Crippen LogP contribution in [0.5, 0.6) is 0 Å². The Morgan fingerprint density at radius 3 is 2.55 bits per heavy atom. The fourth-order valence-corrected chi connectivity index (χ4v) is 4.09. The van der Waals surface area contributed by atoms with Crippen LogP contribution < -0.4 is 0 Å². The molecule has 0 N–H and O–H groups in total. The Kier molecular flexibility index (Phi) is 5.04. The molecule has 1 amide bonds. The lowest BCUT2D eigenvalue weighted by Gasteiger charge is -2.43. The normalized spacial score (nSPS) is 26.9. The maximum Gasteiger partial charge on any atom is 0.253 e. The van der Waals surface area contributed by atoms with Gasteiger partial charge in [0.15, 0.2) is 0 Å². The van der Waals surface area contributed by atoms with E-state index < -0.39 is 0 Å². The molecule has 0 aromatic heterocycles. The monoisotopic (exact) mass is 320 g/mol. The second-order valence-corrected chi connectivity index (χ2v) is 7.10. The minimum absolute atomic E-state index is 0.110. The van der Waals surface area contributed by atoms with Crippen molar-refractivity contribution in [1.82, 2.24) is 9.80 Å². The lowest BCUT2D eigenvalue weighted by atomic mass is 9.84. The first kappa shape index (κ1) is 15.8. The van der Waals surface area contributed by atoms with Crippen molar-refractivity contribution in [2.45, 2.75) is 38.6 Å². The van der Waals surface area contributed by atoms with Gasteiger partial charge in [-0.25, -0.2) is 0 Å². The molecule has 4 heteroatoms. The zero-order chi connectivity index (χ0) is 15.5. The number of amides is 1. The Balaban J connectivity index is 1.58. The molecule has 1 aliphatic heterocycles. The van der Waals surface area contributed by atoms with Gasteiger partial charge in [0.2, 0.25) is 0 Å². The van der Waals surface area contributed by atoms with Crippen LogP contribution in [0.4, 0.5) is 0 Å². The highest BCUT2D eigenvalue weighted by Gasteiger charge is 2.30. The van der Waals surface area contributed by atoms with Gasteiger partial charge in [0.1, 0.15) is 0 Å². The largest absolute Gasteiger partial charge is 0.336 e. The molecule has 1 saturated carbocycles. The van der Waals surface area contributed by atoms with Crippen molar-refractivity contribution in [1.29, 1.82) is 0 Å². The molecular weight excluding hydrogens is 296 g/mol. The first-order chi connectivity index (χ1) is 10.6. The van der Waals surface area contributed by atoms with E-state index in [4.69, 9.17) is 11.6 Å². The van der Waals surface area contributed by atoms with Gasteiger partial charge in [-0.1, -0.05) is 37.4 Å². The third-order valence-corrected chi connectivity index (χ3v) is 5.44. The minimum Gasteiger partial charge on any atom is -0.336 e. The first-order valence-electron chi connectivity index (χ1n) is 8.44. The van der Waals surface area contributed by atoms with Crippen molar-refractivity contribution in [2.75, 3.05) is 26.2 Å². The summed E-state index contributed by atoms with van der Waals surface area (Å²) in [6.45, 7) is 6.04. The number of carbonyl (C=O) groups excluding carboxylic acids is 1. The molecule has 0 radical (unpaired) electrons. The Morgan fingerprint density at radius 1 is 1.14 bits per heavy atom. The third-order valence-electron chi connectivity index (χ3n) is 5.21. The van der Waals surface area contributed by atoms with Crippen molar-refractivity contribution in [2.24, 2.45) is 5.92 Å². The number of hydrogen-bond acceptors (Lipinski definition) is 2. The summed E-state index contributed by atoms with van der Waals surface area (Å²) in [5, 5.41) is 0.625. The molecule has 0 unspecified atom stereocenters. The van der Waals surface area contributed by atoms with E-state index in [9.17, 15) is 4.79 Å². The van der Waals surface area contributed by atoms with Gasteiger partial charge in [0, 0.05) is 42.8 Å². The average molecular weight is 321 g/mol. The zero-order valence-corrected chi connectivity index (χ0v) is 14.1. The van der Waals surface area contributed by atoms with E-state index in [1.807, 2.05) is 17.0 Å². The minimum atomic E-state index is 0.110. The number of nitrogens with zero attached hydrogens (tertiary/aromatic N) is 2. The molecule has 2 aliphatic rings. The molecule has 1 aromatic rings. The maximum absolute atomic E-state index is 12.5. The number of piperazine rings is 1. The van der Waals surface area contributed by atoms with Gasteiger partial charge in [-0.15, -0.1) is 0 Å². The van der Waals surface area contributed by atoms with Crippen LogP contribution in [-0.4, -0.2) is 47.9 Å². The standard InChI is InChI=1S/C18H25ClN2O/c1-14-5-2-3-8-17(14)20-9-11-21(12-10-20)18(22)15-6-4-7-16(19)13-15/h4,6-7,13-14,17H,2-3,5,8-12H2,1H3/t14-,17+/m0/s1. The van der Waals surface area contributed by atoms with Crippen LogP contribution in [0.3, 0.4) is 0 Å². The SMILES string of the molecule is C[C@H]1CCCC[C@H]1N1CCN(C(=O)c2cccc(Cl)c2)CC1. The Labute approximate surface area is 138 Å². The molecule has 120 valence electrons. The van der Waals surface area contributed by atoms with E-state index in [1.165, 1.54) is 25.7 Å². The second-order valence-electron chi connectivity index (χ2n) is 6.67. The Morgan fingerprint density at radius 2 is 1.86 bits per heavy atom. The predicted octanol–water partition coefficient (Wildman–Crippen LogP) is 3.68. The van der Waals surface area contributed by atoms with E-state index in [0.29, 0.717) is 10.6 Å². The molecule has 1 heterocycles. The quantitative estimate of drug-likeness (QED) is 0.830. The molecular formula is C18H25ClN2O. The summed E-state index contributed by atoms with van der Waals surface area (Å²) in [7, 11) is 0. The van der Waals surface area contributed by atoms with Gasteiger partial charge in [0.05, 0.1) is 0 Å². The van der Waals surface area contributed by atoms with Gasteiger partial charge < -0.3 is 4.90 Å². The van der Waals surface area contributed by atoms with E-state index in [0.717, 1.165) is 38.1 Å². The Bertz CT molecular complexity index is 526. The average Bonchev–Trinajstić information content (AvgIpc) is 2.55. The van der Waals surface area contributed by atoms with E-state index in [-0.39, 0.29) is 5.91 Å². The fraction of sp³-hybridized carbons (Fsp3) is 0.611. The summed E-state index contributed by atoms with van der Waals surface area (Å²) in [4.78, 5) is 17.1. The van der Waals surface area contributed by atoms with E-state index in [2.05, 4.69) is 11.8 Å². The van der Waals surface area contributed by atoms with E-state index in [1.54, 1.807) is 12.1 Å². The van der Waals surface area contributed by atoms with Gasteiger partial charge in [-0.05, 0) is 37.0 Å². The van der Waals surface area contributed by atoms with Crippen LogP contribution in [-0.2, 0) is 0 Å². The highest BCUT2D eigenvalue weighted by Crippen LogP contribution is 2.28. The summed E-state index contributed by atoms with van der Waals surface area (Å²) in [5.41, 5.74) is 0.701. The van der Waals surface area contributed by atoms with Gasteiger partial charge in [-0.3, -0.25) is 9.69 Å². The molecule has 22 heavy (non-hydrogen) atoms. The number of carbonyl (C=O) groups is 1. The van der Waals surface area contributed by atoms with Crippen molar-refractivity contribution in [3.05, 3.63) is 34.9 Å². The third kappa shape index (κ3) is 3.47. The molecule has 0 bridgehead atoms. The summed E-state index contributed by atoms with van der Waals surface area (Å²) in [5.74, 6) is 0.905. The molecule has 2 atom stereocenters. The number of benzene rings is 1. The summed E-state index contributed by atoms with van der Waals surface area (Å²) in [6, 6.07) is 7.98. The van der Waals surface area contributed by atoms with Crippen molar-refractivity contribution >= 4 is 17.5 Å². The maximum atomic E-state index is 12.5. The summed E-state index contributed by atoms with van der Waals surface area (Å²) in [6.07, 6.45) is 5.41. The van der Waals surface area contributed by atoms with Crippen molar-refractivity contribution in [3.63, 3.8) is 0 Å². The highest BCUT2D eigenvalue weighted by molar-refractivity contribution is 6.30. The lowest BCUT2D eigenvalue weighted by Crippen LogP contribution is -2.53. The Hall–Kier alpha value is -1.06. The second kappa shape index (κ2) is 7.01. The number of rotatable bonds is 2. The van der Waals surface area contributed by atoms with Crippen LogP contribution >= 0.6 is 11.6 Å². The van der Waals surface area contributed by atoms with Crippen molar-refractivity contribution < 1.29 is 4.79 Å². The van der Waals surface area contributed by atoms with Crippen LogP contribution in [0.15, 0.2) is 24.3 Å². The van der Waals surface area contributed by atoms with Crippen LogP contribution in [0.1, 0.15) is 43.0 Å². The molecule has 3 rings (SSSR count).